The molecule has 0 aliphatic carbocycles. The highest BCUT2D eigenvalue weighted by molar-refractivity contribution is 5.55. The van der Waals surface area contributed by atoms with Gasteiger partial charge in [0.2, 0.25) is 0 Å². The van der Waals surface area contributed by atoms with Crippen molar-refractivity contribution >= 4 is 5.69 Å². The van der Waals surface area contributed by atoms with Gasteiger partial charge in [0.15, 0.2) is 0 Å². The zero-order chi connectivity index (χ0) is 13.0. The van der Waals surface area contributed by atoms with Crippen molar-refractivity contribution in [1.82, 2.24) is 0 Å². The average Bonchev–Trinajstić information content (AvgIpc) is 2.40. The van der Waals surface area contributed by atoms with E-state index in [0.717, 1.165) is 5.92 Å². The number of hydrogen-bond donors (Lipinski definition) is 1. The van der Waals surface area contributed by atoms with Crippen molar-refractivity contribution in [3.05, 3.63) is 29.8 Å². The fourth-order valence-electron chi connectivity index (χ4n) is 3.03. The topological polar surface area (TPSA) is 29.3 Å². The Morgan fingerprint density at radius 1 is 1.28 bits per heavy atom. The van der Waals surface area contributed by atoms with E-state index in [9.17, 15) is 0 Å². The summed E-state index contributed by atoms with van der Waals surface area (Å²) in [6, 6.07) is 8.72. The number of para-hydroxylation sites is 1. The van der Waals surface area contributed by atoms with Gasteiger partial charge in [-0.15, -0.1) is 0 Å². The number of rotatable bonds is 4. The Labute approximate surface area is 111 Å². The summed E-state index contributed by atoms with van der Waals surface area (Å²) < 4.78 is 0. The maximum absolute atomic E-state index is 6.07. The van der Waals surface area contributed by atoms with Gasteiger partial charge in [-0.05, 0) is 37.3 Å². The van der Waals surface area contributed by atoms with E-state index in [1.807, 2.05) is 0 Å². The molecule has 0 amide bonds. The second kappa shape index (κ2) is 6.24. The van der Waals surface area contributed by atoms with E-state index in [0.29, 0.717) is 0 Å². The first-order valence-corrected chi connectivity index (χ1v) is 7.31. The smallest absolute Gasteiger partial charge is 0.0414 e. The lowest BCUT2D eigenvalue weighted by Gasteiger charge is -2.35. The lowest BCUT2D eigenvalue weighted by molar-refractivity contribution is 0.378. The molecule has 2 nitrogen and oxygen atoms in total. The molecule has 1 heterocycles. The number of hydrogen-bond acceptors (Lipinski definition) is 2. The van der Waals surface area contributed by atoms with Crippen LogP contribution in [0.15, 0.2) is 24.3 Å². The summed E-state index contributed by atoms with van der Waals surface area (Å²) in [5.74, 6) is 0.939. The predicted molar refractivity (Wildman–Crippen MR) is 78.9 cm³/mol. The van der Waals surface area contributed by atoms with E-state index in [1.165, 1.54) is 50.0 Å². The van der Waals surface area contributed by atoms with Crippen molar-refractivity contribution in [3.63, 3.8) is 0 Å². The van der Waals surface area contributed by atoms with Crippen molar-refractivity contribution < 1.29 is 0 Å². The Balaban J connectivity index is 2.05. The number of benzene rings is 1. The zero-order valence-electron chi connectivity index (χ0n) is 11.7. The monoisotopic (exact) mass is 246 g/mol. The molecule has 1 atom stereocenters. The zero-order valence-corrected chi connectivity index (χ0v) is 11.7. The molecule has 1 saturated heterocycles. The molecule has 1 aromatic carbocycles. The largest absolute Gasteiger partial charge is 0.371 e. The highest BCUT2D eigenvalue weighted by atomic mass is 15.1. The first kappa shape index (κ1) is 13.4. The van der Waals surface area contributed by atoms with Gasteiger partial charge in [-0.25, -0.2) is 0 Å². The van der Waals surface area contributed by atoms with Crippen molar-refractivity contribution in [2.45, 2.75) is 45.6 Å². The number of piperidine rings is 1. The summed E-state index contributed by atoms with van der Waals surface area (Å²) in [5, 5.41) is 0. The number of anilines is 1. The van der Waals surface area contributed by atoms with Crippen LogP contribution in [0.5, 0.6) is 0 Å². The van der Waals surface area contributed by atoms with E-state index < -0.39 is 0 Å². The van der Waals surface area contributed by atoms with Gasteiger partial charge in [-0.2, -0.15) is 0 Å². The van der Waals surface area contributed by atoms with Gasteiger partial charge in [0, 0.05) is 24.8 Å². The van der Waals surface area contributed by atoms with Crippen LogP contribution in [0.2, 0.25) is 0 Å². The van der Waals surface area contributed by atoms with Crippen LogP contribution in [-0.4, -0.2) is 13.1 Å². The molecular formula is C16H26N2. The quantitative estimate of drug-likeness (QED) is 0.877. The molecule has 0 spiro atoms. The van der Waals surface area contributed by atoms with E-state index in [4.69, 9.17) is 5.73 Å². The van der Waals surface area contributed by atoms with Crippen molar-refractivity contribution in [3.8, 4) is 0 Å². The van der Waals surface area contributed by atoms with Crippen LogP contribution >= 0.6 is 0 Å². The third-order valence-electron chi connectivity index (χ3n) is 4.08. The normalized spacial score (nSPS) is 18.9. The third kappa shape index (κ3) is 3.05. The molecule has 18 heavy (non-hydrogen) atoms. The molecule has 1 aliphatic rings. The van der Waals surface area contributed by atoms with Crippen molar-refractivity contribution in [2.75, 3.05) is 18.0 Å². The second-order valence-corrected chi connectivity index (χ2v) is 5.57. The van der Waals surface area contributed by atoms with Crippen LogP contribution in [-0.2, 0) is 0 Å². The lowest BCUT2D eigenvalue weighted by Crippen LogP contribution is -2.34. The molecular weight excluding hydrogens is 220 g/mol. The van der Waals surface area contributed by atoms with E-state index in [1.54, 1.807) is 0 Å². The molecule has 0 bridgehead atoms. The number of nitrogens with zero attached hydrogens (tertiary/aromatic N) is 1. The summed E-state index contributed by atoms with van der Waals surface area (Å²) in [6.07, 6.45) is 5.38. The minimum absolute atomic E-state index is 0.120. The predicted octanol–water partition coefficient (Wildman–Crippen LogP) is 3.72. The molecule has 1 aromatic rings. The average molecular weight is 246 g/mol. The highest BCUT2D eigenvalue weighted by Crippen LogP contribution is 2.30. The molecule has 2 N–H and O–H groups in total. The SMILES string of the molecule is CCCC1CCN(c2ccccc2[C@H](C)N)CC1. The van der Waals surface area contributed by atoms with Crippen LogP contribution in [0.1, 0.15) is 51.1 Å². The van der Waals surface area contributed by atoms with Crippen LogP contribution < -0.4 is 10.6 Å². The van der Waals surface area contributed by atoms with E-state index in [-0.39, 0.29) is 6.04 Å². The standard InChI is InChI=1S/C16H26N2/c1-3-6-14-9-11-18(12-10-14)16-8-5-4-7-15(16)13(2)17/h4-5,7-8,13-14H,3,6,9-12,17H2,1-2H3/t13-/m0/s1. The van der Waals surface area contributed by atoms with Gasteiger partial charge in [-0.1, -0.05) is 38.0 Å². The van der Waals surface area contributed by atoms with E-state index in [2.05, 4.69) is 43.0 Å². The van der Waals surface area contributed by atoms with Crippen LogP contribution in [0, 0.1) is 5.92 Å². The summed E-state index contributed by atoms with van der Waals surface area (Å²) >= 11 is 0. The molecule has 0 unspecified atom stereocenters. The van der Waals surface area contributed by atoms with Crippen LogP contribution in [0.25, 0.3) is 0 Å². The summed E-state index contributed by atoms with van der Waals surface area (Å²) in [6.45, 7) is 6.74. The third-order valence-corrected chi connectivity index (χ3v) is 4.08. The fraction of sp³-hybridized carbons (Fsp3) is 0.625. The summed E-state index contributed by atoms with van der Waals surface area (Å²) in [7, 11) is 0. The van der Waals surface area contributed by atoms with Gasteiger partial charge < -0.3 is 10.6 Å². The minimum Gasteiger partial charge on any atom is -0.371 e. The Hall–Kier alpha value is -1.02. The molecule has 0 saturated carbocycles. The Kier molecular flexibility index (Phi) is 4.65. The Morgan fingerprint density at radius 3 is 2.56 bits per heavy atom. The first-order valence-electron chi connectivity index (χ1n) is 7.31. The summed E-state index contributed by atoms with van der Waals surface area (Å²) in [5.41, 5.74) is 8.70. The molecule has 2 heteroatoms. The summed E-state index contributed by atoms with van der Waals surface area (Å²) in [4.78, 5) is 2.52. The van der Waals surface area contributed by atoms with Gasteiger partial charge >= 0.3 is 0 Å². The second-order valence-electron chi connectivity index (χ2n) is 5.57. The minimum atomic E-state index is 0.120. The maximum Gasteiger partial charge on any atom is 0.0414 e. The van der Waals surface area contributed by atoms with Gasteiger partial charge in [0.1, 0.15) is 0 Å². The van der Waals surface area contributed by atoms with E-state index >= 15 is 0 Å². The molecule has 1 fully saturated rings. The van der Waals surface area contributed by atoms with Gasteiger partial charge in [0.25, 0.3) is 0 Å². The Bertz CT molecular complexity index is 365. The Morgan fingerprint density at radius 2 is 1.94 bits per heavy atom. The molecule has 0 radical (unpaired) electrons. The van der Waals surface area contributed by atoms with Crippen LogP contribution in [0.3, 0.4) is 0 Å². The van der Waals surface area contributed by atoms with Crippen molar-refractivity contribution in [1.29, 1.82) is 0 Å². The first-order chi connectivity index (χ1) is 8.72. The molecule has 2 rings (SSSR count). The molecule has 1 aliphatic heterocycles. The van der Waals surface area contributed by atoms with Crippen LogP contribution in [0.4, 0.5) is 5.69 Å². The lowest BCUT2D eigenvalue weighted by atomic mass is 9.91. The van der Waals surface area contributed by atoms with Gasteiger partial charge in [0.05, 0.1) is 0 Å². The highest BCUT2D eigenvalue weighted by Gasteiger charge is 2.20. The van der Waals surface area contributed by atoms with Gasteiger partial charge in [-0.3, -0.25) is 0 Å². The fourth-order valence-corrected chi connectivity index (χ4v) is 3.03. The maximum atomic E-state index is 6.07. The van der Waals surface area contributed by atoms with Crippen molar-refractivity contribution in [2.24, 2.45) is 11.7 Å². The molecule has 100 valence electrons. The molecule has 0 aromatic heterocycles. The number of nitrogens with two attached hydrogens (primary N) is 1.